The van der Waals surface area contributed by atoms with E-state index < -0.39 is 11.9 Å². The van der Waals surface area contributed by atoms with Gasteiger partial charge in [-0.15, -0.1) is 0 Å². The first kappa shape index (κ1) is 22.0. The molecule has 1 aliphatic heterocycles. The van der Waals surface area contributed by atoms with E-state index in [0.29, 0.717) is 17.8 Å². The van der Waals surface area contributed by atoms with E-state index in [1.807, 2.05) is 31.2 Å². The van der Waals surface area contributed by atoms with E-state index in [2.05, 4.69) is 10.6 Å². The molecule has 8 heteroatoms. The second-order valence-electron chi connectivity index (χ2n) is 7.13. The molecule has 0 aliphatic carbocycles. The van der Waals surface area contributed by atoms with Crippen LogP contribution in [0, 0.1) is 6.92 Å². The second-order valence-corrected chi connectivity index (χ2v) is 7.13. The minimum atomic E-state index is -0.641. The number of nitrogens with one attached hydrogen (secondary N) is 2. The molecule has 0 saturated carbocycles. The molecule has 2 aromatic rings. The average Bonchev–Trinajstić information content (AvgIpc) is 3.08. The first-order valence-corrected chi connectivity index (χ1v) is 9.86. The van der Waals surface area contributed by atoms with Crippen molar-refractivity contribution in [2.45, 2.75) is 13.5 Å². The number of carbonyl (C=O) groups excluding carboxylic acids is 3. The topological polar surface area (TPSA) is 108 Å². The molecule has 0 radical (unpaired) electrons. The zero-order valence-electron chi connectivity index (χ0n) is 17.5. The van der Waals surface area contributed by atoms with Gasteiger partial charge in [-0.05, 0) is 24.6 Å². The molecule has 1 heterocycles. The quantitative estimate of drug-likeness (QED) is 0.557. The zero-order chi connectivity index (χ0) is 22.4. The van der Waals surface area contributed by atoms with Crippen LogP contribution in [0.1, 0.15) is 21.5 Å². The predicted octanol–water partition coefficient (Wildman–Crippen LogP) is 1.60. The van der Waals surface area contributed by atoms with Crippen molar-refractivity contribution in [1.82, 2.24) is 10.2 Å². The maximum atomic E-state index is 12.8. The lowest BCUT2D eigenvalue weighted by molar-refractivity contribution is -0.136. The minimum Gasteiger partial charge on any atom is -0.466 e. The van der Waals surface area contributed by atoms with Crippen LogP contribution in [0.3, 0.4) is 0 Å². The van der Waals surface area contributed by atoms with E-state index in [9.17, 15) is 19.5 Å². The van der Waals surface area contributed by atoms with Gasteiger partial charge in [0, 0.05) is 13.1 Å². The number of aliphatic hydroxyl groups excluding tert-OH is 1. The van der Waals surface area contributed by atoms with Crippen LogP contribution in [0.2, 0.25) is 0 Å². The summed E-state index contributed by atoms with van der Waals surface area (Å²) in [6, 6.07) is 14.6. The number of hydrogen-bond donors (Lipinski definition) is 3. The number of rotatable bonds is 8. The Hall–Kier alpha value is -3.65. The Morgan fingerprint density at radius 2 is 1.84 bits per heavy atom. The lowest BCUT2D eigenvalue weighted by Gasteiger charge is -2.16. The summed E-state index contributed by atoms with van der Waals surface area (Å²) in [5.41, 5.74) is 3.01. The van der Waals surface area contributed by atoms with Gasteiger partial charge in [-0.1, -0.05) is 42.0 Å². The van der Waals surface area contributed by atoms with Crippen LogP contribution in [0.15, 0.2) is 59.8 Å². The van der Waals surface area contributed by atoms with Gasteiger partial charge in [-0.2, -0.15) is 0 Å². The summed E-state index contributed by atoms with van der Waals surface area (Å²) in [4.78, 5) is 39.1. The van der Waals surface area contributed by atoms with Gasteiger partial charge in [-0.25, -0.2) is 4.79 Å². The monoisotopic (exact) mass is 423 g/mol. The maximum absolute atomic E-state index is 12.8. The van der Waals surface area contributed by atoms with Crippen LogP contribution < -0.4 is 10.6 Å². The van der Waals surface area contributed by atoms with E-state index >= 15 is 0 Å². The van der Waals surface area contributed by atoms with E-state index in [-0.39, 0.29) is 36.9 Å². The molecule has 0 atom stereocenters. The highest BCUT2D eigenvalue weighted by molar-refractivity contribution is 6.09. The number of β-amino-alcohol motifs (C(OH)–C–C–N with tert-alkyl or cyclic N) is 1. The summed E-state index contributed by atoms with van der Waals surface area (Å²) in [7, 11) is 1.23. The minimum absolute atomic E-state index is 0.0240. The fourth-order valence-electron chi connectivity index (χ4n) is 3.26. The third-order valence-corrected chi connectivity index (χ3v) is 4.96. The first-order chi connectivity index (χ1) is 14.9. The molecule has 31 heavy (non-hydrogen) atoms. The number of anilines is 1. The molecule has 2 aromatic carbocycles. The molecular weight excluding hydrogens is 398 g/mol. The Balaban J connectivity index is 1.81. The molecule has 0 saturated heterocycles. The van der Waals surface area contributed by atoms with E-state index in [1.54, 1.807) is 24.3 Å². The van der Waals surface area contributed by atoms with Gasteiger partial charge in [0.2, 0.25) is 0 Å². The molecular formula is C23H25N3O5. The molecule has 0 spiro atoms. The number of carbonyl (C=O) groups is 3. The molecule has 0 aromatic heterocycles. The van der Waals surface area contributed by atoms with Gasteiger partial charge in [0.25, 0.3) is 11.8 Å². The summed E-state index contributed by atoms with van der Waals surface area (Å²) in [5, 5.41) is 15.0. The normalized spacial score (nSPS) is 13.4. The summed E-state index contributed by atoms with van der Waals surface area (Å²) in [6.07, 6.45) is 0. The Kier molecular flexibility index (Phi) is 7.04. The van der Waals surface area contributed by atoms with Gasteiger partial charge < -0.3 is 25.4 Å². The van der Waals surface area contributed by atoms with Crippen molar-refractivity contribution in [3.8, 4) is 0 Å². The van der Waals surface area contributed by atoms with Gasteiger partial charge >= 0.3 is 5.97 Å². The molecule has 1 aliphatic rings. The molecule has 0 unspecified atom stereocenters. The highest BCUT2D eigenvalue weighted by atomic mass is 16.5. The van der Waals surface area contributed by atoms with Crippen molar-refractivity contribution in [3.05, 3.63) is 76.5 Å². The predicted molar refractivity (Wildman–Crippen MR) is 115 cm³/mol. The lowest BCUT2D eigenvalue weighted by Crippen LogP contribution is -2.31. The standard InChI is InChI=1S/C23H25N3O5/c1-15-7-9-16(10-8-15)13-24-21(28)17-5-3-4-6-19(17)25-20-18(23(30)31-2)14-26(11-12-27)22(20)29/h3-10,25,27H,11-14H2,1-2H3,(H,24,28). The molecule has 2 amide bonds. The zero-order valence-corrected chi connectivity index (χ0v) is 17.5. The third-order valence-electron chi connectivity index (χ3n) is 4.96. The van der Waals surface area contributed by atoms with Gasteiger partial charge in [0.05, 0.1) is 37.1 Å². The number of ether oxygens (including phenoxy) is 1. The number of aliphatic hydroxyl groups is 1. The number of nitrogens with zero attached hydrogens (tertiary/aromatic N) is 1. The molecule has 0 bridgehead atoms. The van der Waals surface area contributed by atoms with Gasteiger partial charge in [0.15, 0.2) is 0 Å². The van der Waals surface area contributed by atoms with Crippen LogP contribution in [0.5, 0.6) is 0 Å². The highest BCUT2D eigenvalue weighted by Crippen LogP contribution is 2.25. The molecule has 3 N–H and O–H groups in total. The van der Waals surface area contributed by atoms with Crippen LogP contribution in [-0.4, -0.2) is 54.6 Å². The molecule has 162 valence electrons. The van der Waals surface area contributed by atoms with Crippen molar-refractivity contribution >= 4 is 23.5 Å². The smallest absolute Gasteiger partial charge is 0.337 e. The van der Waals surface area contributed by atoms with Gasteiger partial charge in [0.1, 0.15) is 5.70 Å². The average molecular weight is 423 g/mol. The fourth-order valence-corrected chi connectivity index (χ4v) is 3.26. The third kappa shape index (κ3) is 5.10. The molecule has 0 fully saturated rings. The number of aryl methyl sites for hydroxylation is 1. The number of methoxy groups -OCH3 is 1. The summed E-state index contributed by atoms with van der Waals surface area (Å²) in [5.74, 6) is -1.40. The first-order valence-electron chi connectivity index (χ1n) is 9.86. The Bertz CT molecular complexity index is 1010. The number of para-hydroxylation sites is 1. The fraction of sp³-hybridized carbons (Fsp3) is 0.261. The summed E-state index contributed by atoms with van der Waals surface area (Å²) >= 11 is 0. The van der Waals surface area contributed by atoms with Crippen LogP contribution >= 0.6 is 0 Å². The molecule has 8 nitrogen and oxygen atoms in total. The molecule has 3 rings (SSSR count). The lowest BCUT2D eigenvalue weighted by atomic mass is 10.1. The van der Waals surface area contributed by atoms with Crippen LogP contribution in [0.4, 0.5) is 5.69 Å². The largest absolute Gasteiger partial charge is 0.466 e. The number of hydrogen-bond acceptors (Lipinski definition) is 6. The van der Waals surface area contributed by atoms with Crippen LogP contribution in [0.25, 0.3) is 0 Å². The Labute approximate surface area is 180 Å². The second kappa shape index (κ2) is 9.90. The van der Waals surface area contributed by atoms with E-state index in [0.717, 1.165) is 11.1 Å². The summed E-state index contributed by atoms with van der Waals surface area (Å²) in [6.45, 7) is 2.23. The number of benzene rings is 2. The van der Waals surface area contributed by atoms with Crippen molar-refractivity contribution in [3.63, 3.8) is 0 Å². The number of amides is 2. The SMILES string of the molecule is COC(=O)C1=C(Nc2ccccc2C(=O)NCc2ccc(C)cc2)C(=O)N(CCO)C1. The number of esters is 1. The van der Waals surface area contributed by atoms with Gasteiger partial charge in [-0.3, -0.25) is 9.59 Å². The van der Waals surface area contributed by atoms with E-state index in [1.165, 1.54) is 12.0 Å². The van der Waals surface area contributed by atoms with Crippen molar-refractivity contribution in [2.75, 3.05) is 32.1 Å². The van der Waals surface area contributed by atoms with Crippen molar-refractivity contribution < 1.29 is 24.2 Å². The summed E-state index contributed by atoms with van der Waals surface area (Å²) < 4.78 is 4.79. The van der Waals surface area contributed by atoms with Crippen LogP contribution in [-0.2, 0) is 20.9 Å². The maximum Gasteiger partial charge on any atom is 0.337 e. The highest BCUT2D eigenvalue weighted by Gasteiger charge is 2.34. The van der Waals surface area contributed by atoms with Crippen molar-refractivity contribution in [2.24, 2.45) is 0 Å². The van der Waals surface area contributed by atoms with Crippen molar-refractivity contribution in [1.29, 1.82) is 0 Å². The van der Waals surface area contributed by atoms with E-state index in [4.69, 9.17) is 4.74 Å². The Morgan fingerprint density at radius 1 is 1.13 bits per heavy atom. The Morgan fingerprint density at radius 3 is 2.52 bits per heavy atom.